The van der Waals surface area contributed by atoms with Crippen molar-refractivity contribution in [3.05, 3.63) is 17.7 Å². The zero-order chi connectivity index (χ0) is 11.3. The number of nitrogens with two attached hydrogens (primary N) is 1. The van der Waals surface area contributed by atoms with Crippen LogP contribution in [-0.4, -0.2) is 24.5 Å². The summed E-state index contributed by atoms with van der Waals surface area (Å²) >= 11 is 1.20. The molecular weight excluding hydrogens is 222 g/mol. The number of aromatic nitrogens is 1. The second-order valence-corrected chi connectivity index (χ2v) is 3.92. The molecule has 15 heavy (non-hydrogen) atoms. The number of hydrogen-bond donors (Lipinski definition) is 1. The Morgan fingerprint density at radius 1 is 1.47 bits per heavy atom. The molecule has 0 aliphatic carbocycles. The number of halogens is 2. The zero-order valence-corrected chi connectivity index (χ0v) is 9.11. The monoisotopic (exact) mass is 234 g/mol. The van der Waals surface area contributed by atoms with E-state index in [1.807, 2.05) is 0 Å². The van der Waals surface area contributed by atoms with Gasteiger partial charge in [-0.15, -0.1) is 11.8 Å². The average molecular weight is 234 g/mol. The summed E-state index contributed by atoms with van der Waals surface area (Å²) in [6.07, 6.45) is 0.777. The standard InChI is InChI=1S/C9H12F2N2OS/c1-14-3-2-4-15-9-7(11)5-6(10)8(12)13-9/h5H,2-4H2,1H3,(H2,12,13). The van der Waals surface area contributed by atoms with Crippen molar-refractivity contribution in [1.29, 1.82) is 0 Å². The third-order valence-corrected chi connectivity index (χ3v) is 2.71. The molecule has 0 spiro atoms. The Hall–Kier alpha value is -0.880. The van der Waals surface area contributed by atoms with Crippen LogP contribution >= 0.6 is 11.8 Å². The molecule has 1 rings (SSSR count). The molecule has 0 aliphatic rings. The van der Waals surface area contributed by atoms with Crippen LogP contribution in [0.1, 0.15) is 6.42 Å². The van der Waals surface area contributed by atoms with E-state index < -0.39 is 11.6 Å². The fraction of sp³-hybridized carbons (Fsp3) is 0.444. The zero-order valence-electron chi connectivity index (χ0n) is 8.30. The van der Waals surface area contributed by atoms with Gasteiger partial charge in [0.2, 0.25) is 0 Å². The van der Waals surface area contributed by atoms with Crippen LogP contribution in [0.4, 0.5) is 14.6 Å². The van der Waals surface area contributed by atoms with Crippen molar-refractivity contribution in [2.75, 3.05) is 25.2 Å². The number of pyridine rings is 1. The largest absolute Gasteiger partial charge is 0.385 e. The van der Waals surface area contributed by atoms with Crippen molar-refractivity contribution in [3.63, 3.8) is 0 Å². The van der Waals surface area contributed by atoms with Crippen LogP contribution in [0, 0.1) is 11.6 Å². The first kappa shape index (κ1) is 12.2. The highest BCUT2D eigenvalue weighted by Gasteiger charge is 2.09. The number of anilines is 1. The molecule has 0 bridgehead atoms. The summed E-state index contributed by atoms with van der Waals surface area (Å²) in [7, 11) is 1.60. The van der Waals surface area contributed by atoms with Crippen LogP contribution in [0.15, 0.2) is 11.1 Å². The Morgan fingerprint density at radius 2 is 2.20 bits per heavy atom. The first-order valence-electron chi connectivity index (χ1n) is 4.38. The first-order valence-corrected chi connectivity index (χ1v) is 5.37. The maximum atomic E-state index is 13.1. The van der Waals surface area contributed by atoms with Crippen molar-refractivity contribution < 1.29 is 13.5 Å². The summed E-state index contributed by atoms with van der Waals surface area (Å²) in [4.78, 5) is 3.62. The molecule has 0 saturated carbocycles. The molecule has 0 atom stereocenters. The smallest absolute Gasteiger partial charge is 0.168 e. The highest BCUT2D eigenvalue weighted by molar-refractivity contribution is 7.99. The third-order valence-electron chi connectivity index (χ3n) is 1.66. The van der Waals surface area contributed by atoms with Crippen molar-refractivity contribution in [2.45, 2.75) is 11.4 Å². The van der Waals surface area contributed by atoms with E-state index in [1.54, 1.807) is 7.11 Å². The highest BCUT2D eigenvalue weighted by atomic mass is 32.2. The lowest BCUT2D eigenvalue weighted by Gasteiger charge is -2.03. The van der Waals surface area contributed by atoms with Crippen LogP contribution in [0.2, 0.25) is 0 Å². The number of hydrogen-bond acceptors (Lipinski definition) is 4. The summed E-state index contributed by atoms with van der Waals surface area (Å²) in [5.74, 6) is -1.12. The number of methoxy groups -OCH3 is 1. The van der Waals surface area contributed by atoms with E-state index in [9.17, 15) is 8.78 Å². The van der Waals surface area contributed by atoms with Gasteiger partial charge >= 0.3 is 0 Å². The molecule has 0 radical (unpaired) electrons. The van der Waals surface area contributed by atoms with Crippen molar-refractivity contribution in [1.82, 2.24) is 4.98 Å². The Balaban J connectivity index is 2.57. The maximum Gasteiger partial charge on any atom is 0.168 e. The van der Waals surface area contributed by atoms with E-state index in [4.69, 9.17) is 10.5 Å². The van der Waals surface area contributed by atoms with Gasteiger partial charge in [0, 0.05) is 25.5 Å². The molecule has 2 N–H and O–H groups in total. The summed E-state index contributed by atoms with van der Waals surface area (Å²) in [5.41, 5.74) is 5.23. The Bertz CT molecular complexity index is 336. The van der Waals surface area contributed by atoms with Crippen LogP contribution in [0.5, 0.6) is 0 Å². The molecule has 3 nitrogen and oxygen atoms in total. The lowest BCUT2D eigenvalue weighted by Crippen LogP contribution is -1.99. The minimum absolute atomic E-state index is 0.130. The predicted octanol–water partition coefficient (Wildman–Crippen LogP) is 2.07. The SMILES string of the molecule is COCCCSc1nc(N)c(F)cc1F. The Morgan fingerprint density at radius 3 is 2.87 bits per heavy atom. The molecule has 84 valence electrons. The number of ether oxygens (including phenoxy) is 1. The molecule has 0 fully saturated rings. The topological polar surface area (TPSA) is 48.1 Å². The first-order chi connectivity index (χ1) is 7.15. The molecule has 0 unspecified atom stereocenters. The van der Waals surface area contributed by atoms with E-state index >= 15 is 0 Å². The van der Waals surface area contributed by atoms with Gasteiger partial charge in [0.1, 0.15) is 5.03 Å². The highest BCUT2D eigenvalue weighted by Crippen LogP contribution is 2.22. The Labute approximate surface area is 91.0 Å². The molecule has 0 amide bonds. The van der Waals surface area contributed by atoms with Gasteiger partial charge < -0.3 is 10.5 Å². The van der Waals surface area contributed by atoms with Crippen LogP contribution in [0.3, 0.4) is 0 Å². The lowest BCUT2D eigenvalue weighted by molar-refractivity contribution is 0.200. The number of nitrogen functional groups attached to an aromatic ring is 1. The van der Waals surface area contributed by atoms with Crippen LogP contribution < -0.4 is 5.73 Å². The van der Waals surface area contributed by atoms with Gasteiger partial charge in [-0.1, -0.05) is 0 Å². The summed E-state index contributed by atoms with van der Waals surface area (Å²) in [6, 6.07) is 0.751. The molecule has 1 heterocycles. The van der Waals surface area contributed by atoms with E-state index in [0.29, 0.717) is 12.4 Å². The van der Waals surface area contributed by atoms with E-state index in [-0.39, 0.29) is 10.8 Å². The molecular formula is C9H12F2N2OS. The van der Waals surface area contributed by atoms with Crippen LogP contribution in [-0.2, 0) is 4.74 Å². The van der Waals surface area contributed by atoms with E-state index in [2.05, 4.69) is 4.98 Å². The predicted molar refractivity (Wildman–Crippen MR) is 55.8 cm³/mol. The van der Waals surface area contributed by atoms with Gasteiger partial charge in [-0.25, -0.2) is 13.8 Å². The van der Waals surface area contributed by atoms with Gasteiger partial charge in [0.15, 0.2) is 17.5 Å². The summed E-state index contributed by atoms with van der Waals surface area (Å²) < 4.78 is 30.7. The Kier molecular flexibility index (Phi) is 4.77. The normalized spacial score (nSPS) is 10.6. The van der Waals surface area contributed by atoms with Crippen molar-refractivity contribution >= 4 is 17.6 Å². The molecule has 0 aromatic carbocycles. The number of rotatable bonds is 5. The fourth-order valence-corrected chi connectivity index (χ4v) is 1.75. The minimum atomic E-state index is -0.825. The quantitative estimate of drug-likeness (QED) is 0.626. The second-order valence-electron chi connectivity index (χ2n) is 2.84. The number of nitrogens with zero attached hydrogens (tertiary/aromatic N) is 1. The second kappa shape index (κ2) is 5.87. The summed E-state index contributed by atoms with van der Waals surface area (Å²) in [6.45, 7) is 0.602. The summed E-state index contributed by atoms with van der Waals surface area (Å²) in [5, 5.41) is 0.130. The third kappa shape index (κ3) is 3.64. The van der Waals surface area contributed by atoms with Crippen LogP contribution in [0.25, 0.3) is 0 Å². The molecule has 0 aliphatic heterocycles. The fourth-order valence-electron chi connectivity index (χ4n) is 0.936. The lowest BCUT2D eigenvalue weighted by atomic mass is 10.4. The van der Waals surface area contributed by atoms with E-state index in [0.717, 1.165) is 12.5 Å². The van der Waals surface area contributed by atoms with Gasteiger partial charge in [-0.2, -0.15) is 0 Å². The van der Waals surface area contributed by atoms with Gasteiger partial charge in [0.25, 0.3) is 0 Å². The van der Waals surface area contributed by atoms with Gasteiger partial charge in [0.05, 0.1) is 0 Å². The van der Waals surface area contributed by atoms with Gasteiger partial charge in [-0.05, 0) is 6.42 Å². The molecule has 0 saturated heterocycles. The molecule has 1 aromatic heterocycles. The molecule has 1 aromatic rings. The number of thioether (sulfide) groups is 1. The minimum Gasteiger partial charge on any atom is -0.385 e. The molecule has 6 heteroatoms. The maximum absolute atomic E-state index is 13.1. The van der Waals surface area contributed by atoms with E-state index in [1.165, 1.54) is 11.8 Å². The van der Waals surface area contributed by atoms with Gasteiger partial charge in [-0.3, -0.25) is 0 Å². The average Bonchev–Trinajstić information content (AvgIpc) is 2.20. The van der Waals surface area contributed by atoms with Crippen molar-refractivity contribution in [2.24, 2.45) is 0 Å². The van der Waals surface area contributed by atoms with Crippen molar-refractivity contribution in [3.8, 4) is 0 Å².